The van der Waals surface area contributed by atoms with Gasteiger partial charge in [0.15, 0.2) is 11.5 Å². The average molecular weight is 418 g/mol. The second kappa shape index (κ2) is 10.7. The first-order valence-electron chi connectivity index (χ1n) is 10.7. The van der Waals surface area contributed by atoms with Crippen LogP contribution < -0.4 is 9.47 Å². The monoisotopic (exact) mass is 417 g/mol. The average Bonchev–Trinajstić information content (AvgIpc) is 2.81. The number of methoxy groups -OCH3 is 1. The van der Waals surface area contributed by atoms with E-state index in [4.69, 9.17) is 9.47 Å². The molecule has 0 spiro atoms. The van der Waals surface area contributed by atoms with Crippen molar-refractivity contribution < 1.29 is 14.3 Å². The number of nitrogens with zero attached hydrogens (tertiary/aromatic N) is 1. The molecule has 1 atom stereocenters. The van der Waals surface area contributed by atoms with Crippen molar-refractivity contribution in [3.8, 4) is 11.5 Å². The molecular weight excluding hydrogens is 386 g/mol. The van der Waals surface area contributed by atoms with E-state index in [0.29, 0.717) is 30.2 Å². The van der Waals surface area contributed by atoms with Crippen LogP contribution in [0.1, 0.15) is 47.3 Å². The van der Waals surface area contributed by atoms with Crippen molar-refractivity contribution in [2.45, 2.75) is 46.4 Å². The third-order valence-electron chi connectivity index (χ3n) is 5.50. The Morgan fingerprint density at radius 2 is 1.65 bits per heavy atom. The molecule has 0 aliphatic rings. The third-order valence-corrected chi connectivity index (χ3v) is 5.50. The zero-order valence-electron chi connectivity index (χ0n) is 18.8. The van der Waals surface area contributed by atoms with Crippen molar-refractivity contribution in [3.63, 3.8) is 0 Å². The van der Waals surface area contributed by atoms with Crippen LogP contribution in [0.4, 0.5) is 0 Å². The fourth-order valence-electron chi connectivity index (χ4n) is 3.37. The van der Waals surface area contributed by atoms with Crippen molar-refractivity contribution in [1.29, 1.82) is 0 Å². The molecule has 3 aromatic rings. The van der Waals surface area contributed by atoms with Gasteiger partial charge < -0.3 is 14.4 Å². The van der Waals surface area contributed by atoms with E-state index < -0.39 is 0 Å². The topological polar surface area (TPSA) is 38.8 Å². The minimum atomic E-state index is 0.0396. The van der Waals surface area contributed by atoms with Gasteiger partial charge in [-0.25, -0.2) is 0 Å². The van der Waals surface area contributed by atoms with Crippen LogP contribution >= 0.6 is 0 Å². The smallest absolute Gasteiger partial charge is 0.254 e. The fourth-order valence-corrected chi connectivity index (χ4v) is 3.37. The summed E-state index contributed by atoms with van der Waals surface area (Å²) in [5, 5.41) is 0. The van der Waals surface area contributed by atoms with Gasteiger partial charge in [0.1, 0.15) is 6.61 Å². The number of carbonyl (C=O) groups is 1. The molecule has 0 aliphatic heterocycles. The Kier molecular flexibility index (Phi) is 7.71. The molecule has 3 rings (SSSR count). The Morgan fingerprint density at radius 1 is 0.935 bits per heavy atom. The molecule has 0 heterocycles. The highest BCUT2D eigenvalue weighted by Gasteiger charge is 2.21. The van der Waals surface area contributed by atoms with E-state index in [1.807, 2.05) is 84.6 Å². The molecule has 0 saturated heterocycles. The summed E-state index contributed by atoms with van der Waals surface area (Å²) in [5.41, 5.74) is 3.95. The summed E-state index contributed by atoms with van der Waals surface area (Å²) in [6, 6.07) is 23.8. The second-order valence-electron chi connectivity index (χ2n) is 7.82. The first-order chi connectivity index (χ1) is 15.0. The summed E-state index contributed by atoms with van der Waals surface area (Å²) >= 11 is 0. The van der Waals surface area contributed by atoms with Crippen molar-refractivity contribution >= 4 is 5.91 Å². The SMILES string of the molecule is CCC(C)N(Cc1ccc(OCc2ccccc2)c(OC)c1)C(=O)c1ccc(C)cc1. The van der Waals surface area contributed by atoms with E-state index in [0.717, 1.165) is 23.1 Å². The molecule has 0 fully saturated rings. The molecule has 1 amide bonds. The molecule has 0 saturated carbocycles. The third kappa shape index (κ3) is 5.88. The molecule has 0 aromatic heterocycles. The van der Waals surface area contributed by atoms with E-state index in [1.165, 1.54) is 0 Å². The van der Waals surface area contributed by atoms with Crippen LogP contribution in [0, 0.1) is 6.92 Å². The van der Waals surface area contributed by atoms with E-state index in [1.54, 1.807) is 7.11 Å². The zero-order valence-corrected chi connectivity index (χ0v) is 18.8. The predicted octanol–water partition coefficient (Wildman–Crippen LogP) is 6.02. The van der Waals surface area contributed by atoms with E-state index in [-0.39, 0.29) is 11.9 Å². The lowest BCUT2D eigenvalue weighted by Gasteiger charge is -2.29. The van der Waals surface area contributed by atoms with E-state index in [2.05, 4.69) is 13.8 Å². The number of amides is 1. The molecule has 0 bridgehead atoms. The first-order valence-corrected chi connectivity index (χ1v) is 10.7. The molecule has 0 N–H and O–H groups in total. The van der Waals surface area contributed by atoms with Gasteiger partial charge in [0.2, 0.25) is 0 Å². The highest BCUT2D eigenvalue weighted by Crippen LogP contribution is 2.30. The van der Waals surface area contributed by atoms with Crippen LogP contribution in [0.25, 0.3) is 0 Å². The van der Waals surface area contributed by atoms with Crippen LogP contribution in [0.2, 0.25) is 0 Å². The van der Waals surface area contributed by atoms with Gasteiger partial charge in [-0.15, -0.1) is 0 Å². The highest BCUT2D eigenvalue weighted by atomic mass is 16.5. The van der Waals surface area contributed by atoms with Gasteiger partial charge in [-0.1, -0.05) is 61.0 Å². The number of carbonyl (C=O) groups excluding carboxylic acids is 1. The van der Waals surface area contributed by atoms with Gasteiger partial charge in [-0.3, -0.25) is 4.79 Å². The maximum absolute atomic E-state index is 13.2. The maximum atomic E-state index is 13.2. The Balaban J connectivity index is 1.77. The minimum absolute atomic E-state index is 0.0396. The number of aryl methyl sites for hydroxylation is 1. The van der Waals surface area contributed by atoms with Gasteiger partial charge in [-0.2, -0.15) is 0 Å². The van der Waals surface area contributed by atoms with E-state index >= 15 is 0 Å². The summed E-state index contributed by atoms with van der Waals surface area (Å²) in [5.74, 6) is 1.40. The second-order valence-corrected chi connectivity index (χ2v) is 7.82. The largest absolute Gasteiger partial charge is 0.493 e. The lowest BCUT2D eigenvalue weighted by molar-refractivity contribution is 0.0671. The van der Waals surface area contributed by atoms with Crippen LogP contribution in [-0.2, 0) is 13.2 Å². The Bertz CT molecular complexity index is 983. The summed E-state index contributed by atoms with van der Waals surface area (Å²) in [6.45, 7) is 7.19. The molecule has 4 nitrogen and oxygen atoms in total. The Hall–Kier alpha value is -3.27. The minimum Gasteiger partial charge on any atom is -0.493 e. The molecule has 1 unspecified atom stereocenters. The van der Waals surface area contributed by atoms with Crippen molar-refractivity contribution in [2.24, 2.45) is 0 Å². The lowest BCUT2D eigenvalue weighted by atomic mass is 10.1. The lowest BCUT2D eigenvalue weighted by Crippen LogP contribution is -2.37. The summed E-state index contributed by atoms with van der Waals surface area (Å²) in [4.78, 5) is 15.1. The summed E-state index contributed by atoms with van der Waals surface area (Å²) in [7, 11) is 1.64. The van der Waals surface area contributed by atoms with Crippen molar-refractivity contribution in [1.82, 2.24) is 4.90 Å². The van der Waals surface area contributed by atoms with Gasteiger partial charge in [0.05, 0.1) is 7.11 Å². The normalized spacial score (nSPS) is 11.6. The zero-order chi connectivity index (χ0) is 22.2. The van der Waals surface area contributed by atoms with Gasteiger partial charge >= 0.3 is 0 Å². The Labute approximate surface area is 185 Å². The molecular formula is C27H31NO3. The molecule has 0 aliphatic carbocycles. The number of benzene rings is 3. The van der Waals surface area contributed by atoms with Crippen LogP contribution in [0.15, 0.2) is 72.8 Å². The number of hydrogen-bond donors (Lipinski definition) is 0. The van der Waals surface area contributed by atoms with Crippen LogP contribution in [0.3, 0.4) is 0 Å². The van der Waals surface area contributed by atoms with Crippen molar-refractivity contribution in [2.75, 3.05) is 7.11 Å². The quantitative estimate of drug-likeness (QED) is 0.427. The van der Waals surface area contributed by atoms with Gasteiger partial charge in [0.25, 0.3) is 5.91 Å². The molecule has 0 radical (unpaired) electrons. The van der Waals surface area contributed by atoms with Gasteiger partial charge in [-0.05, 0) is 55.7 Å². The Morgan fingerprint density at radius 3 is 2.29 bits per heavy atom. The fraction of sp³-hybridized carbons (Fsp3) is 0.296. The maximum Gasteiger partial charge on any atom is 0.254 e. The summed E-state index contributed by atoms with van der Waals surface area (Å²) < 4.78 is 11.5. The summed E-state index contributed by atoms with van der Waals surface area (Å²) in [6.07, 6.45) is 0.882. The molecule has 3 aromatic carbocycles. The van der Waals surface area contributed by atoms with Crippen LogP contribution in [-0.4, -0.2) is 24.0 Å². The van der Waals surface area contributed by atoms with Crippen molar-refractivity contribution in [3.05, 3.63) is 95.1 Å². The number of rotatable bonds is 9. The van der Waals surface area contributed by atoms with Crippen LogP contribution in [0.5, 0.6) is 11.5 Å². The predicted molar refractivity (Wildman–Crippen MR) is 125 cm³/mol. The highest BCUT2D eigenvalue weighted by molar-refractivity contribution is 5.94. The first kappa shape index (κ1) is 22.4. The molecule has 4 heteroatoms. The number of ether oxygens (including phenoxy) is 2. The number of hydrogen-bond acceptors (Lipinski definition) is 3. The van der Waals surface area contributed by atoms with E-state index in [9.17, 15) is 4.79 Å². The molecule has 31 heavy (non-hydrogen) atoms. The standard InChI is InChI=1S/C27H31NO3/c1-5-21(3)28(27(29)24-14-11-20(2)12-15-24)18-23-13-16-25(26(17-23)30-4)31-19-22-9-7-6-8-10-22/h6-17,21H,5,18-19H2,1-4H3. The van der Waals surface area contributed by atoms with Gasteiger partial charge in [0, 0.05) is 18.2 Å². The molecule has 162 valence electrons.